The van der Waals surface area contributed by atoms with E-state index in [4.69, 9.17) is 0 Å². The molecule has 0 aromatic carbocycles. The second-order valence-electron chi connectivity index (χ2n) is 4.84. The molecule has 0 radical (unpaired) electrons. The third-order valence-electron chi connectivity index (χ3n) is 3.44. The quantitative estimate of drug-likeness (QED) is 0.675. The lowest BCUT2D eigenvalue weighted by Gasteiger charge is -2.38. The molecule has 2 aliphatic heterocycles. The molecule has 0 saturated carbocycles. The summed E-state index contributed by atoms with van der Waals surface area (Å²) < 4.78 is 22.6. The number of nitrogens with zero attached hydrogens (tertiary/aromatic N) is 1. The number of sulfone groups is 1. The molecule has 2 heterocycles. The molecule has 2 rings (SSSR count). The molecule has 0 aliphatic carbocycles. The molecule has 0 aromatic heterocycles. The van der Waals surface area contributed by atoms with E-state index in [-0.39, 0.29) is 0 Å². The maximum atomic E-state index is 11.3. The van der Waals surface area contributed by atoms with Gasteiger partial charge in [-0.3, -0.25) is 4.90 Å². The van der Waals surface area contributed by atoms with Crippen LogP contribution in [0.15, 0.2) is 0 Å². The predicted octanol–water partition coefficient (Wildman–Crippen LogP) is -0.285. The van der Waals surface area contributed by atoms with Crippen LogP contribution in [-0.2, 0) is 9.84 Å². The van der Waals surface area contributed by atoms with Crippen molar-refractivity contribution < 1.29 is 8.42 Å². The molecule has 2 unspecified atom stereocenters. The summed E-state index contributed by atoms with van der Waals surface area (Å²) in [5, 5.41) is 3.41. The lowest BCUT2D eigenvalue weighted by atomic mass is 9.96. The van der Waals surface area contributed by atoms with Crippen LogP contribution in [0.1, 0.15) is 13.3 Å². The minimum absolute atomic E-state index is 0.345. The topological polar surface area (TPSA) is 49.4 Å². The fourth-order valence-corrected chi connectivity index (χ4v) is 3.73. The van der Waals surface area contributed by atoms with Crippen molar-refractivity contribution in [2.75, 3.05) is 37.7 Å². The van der Waals surface area contributed by atoms with Crippen LogP contribution in [0.3, 0.4) is 0 Å². The van der Waals surface area contributed by atoms with E-state index in [9.17, 15) is 8.42 Å². The SMILES string of the molecule is CC1CNCC(N2CCS(=O)(=O)CC2)C1. The molecule has 2 fully saturated rings. The Morgan fingerprint density at radius 3 is 2.47 bits per heavy atom. The third-order valence-corrected chi connectivity index (χ3v) is 5.05. The minimum atomic E-state index is -2.73. The van der Waals surface area contributed by atoms with Crippen molar-refractivity contribution in [1.29, 1.82) is 0 Å². The van der Waals surface area contributed by atoms with E-state index in [1.807, 2.05) is 0 Å². The van der Waals surface area contributed by atoms with Gasteiger partial charge in [-0.05, 0) is 18.9 Å². The molecule has 2 saturated heterocycles. The first-order chi connectivity index (χ1) is 7.07. The third kappa shape index (κ3) is 2.92. The van der Waals surface area contributed by atoms with E-state index < -0.39 is 9.84 Å². The maximum Gasteiger partial charge on any atom is 0.152 e. The molecule has 0 amide bonds. The van der Waals surface area contributed by atoms with Gasteiger partial charge < -0.3 is 5.32 Å². The Morgan fingerprint density at radius 2 is 1.87 bits per heavy atom. The highest BCUT2D eigenvalue weighted by Crippen LogP contribution is 2.17. The van der Waals surface area contributed by atoms with Crippen LogP contribution in [0.25, 0.3) is 0 Å². The molecule has 88 valence electrons. The van der Waals surface area contributed by atoms with Gasteiger partial charge in [0.15, 0.2) is 9.84 Å². The molecule has 0 aromatic rings. The number of piperidine rings is 1. The van der Waals surface area contributed by atoms with Crippen molar-refractivity contribution >= 4 is 9.84 Å². The molecule has 1 N–H and O–H groups in total. The van der Waals surface area contributed by atoms with Crippen molar-refractivity contribution in [2.24, 2.45) is 5.92 Å². The fraction of sp³-hybridized carbons (Fsp3) is 1.00. The summed E-state index contributed by atoms with van der Waals surface area (Å²) in [6.45, 7) is 5.82. The lowest BCUT2D eigenvalue weighted by molar-refractivity contribution is 0.156. The van der Waals surface area contributed by atoms with Gasteiger partial charge in [0.05, 0.1) is 11.5 Å². The Kier molecular flexibility index (Phi) is 3.33. The van der Waals surface area contributed by atoms with Crippen LogP contribution >= 0.6 is 0 Å². The Hall–Kier alpha value is -0.130. The van der Waals surface area contributed by atoms with Gasteiger partial charge in [-0.25, -0.2) is 8.42 Å². The Morgan fingerprint density at radius 1 is 1.20 bits per heavy atom. The normalized spacial score (nSPS) is 37.7. The molecular weight excluding hydrogens is 212 g/mol. The summed E-state index contributed by atoms with van der Waals surface area (Å²) in [6.07, 6.45) is 1.20. The smallest absolute Gasteiger partial charge is 0.152 e. The van der Waals surface area contributed by atoms with Crippen molar-refractivity contribution in [1.82, 2.24) is 10.2 Å². The van der Waals surface area contributed by atoms with Crippen LogP contribution < -0.4 is 5.32 Å². The van der Waals surface area contributed by atoms with Gasteiger partial charge >= 0.3 is 0 Å². The van der Waals surface area contributed by atoms with E-state index in [2.05, 4.69) is 17.1 Å². The summed E-state index contributed by atoms with van der Waals surface area (Å²) in [7, 11) is -2.73. The van der Waals surface area contributed by atoms with Gasteiger partial charge in [0.2, 0.25) is 0 Å². The lowest BCUT2D eigenvalue weighted by Crippen LogP contribution is -2.53. The molecule has 2 aliphatic rings. The second-order valence-corrected chi connectivity index (χ2v) is 7.14. The van der Waals surface area contributed by atoms with E-state index in [1.165, 1.54) is 6.42 Å². The zero-order chi connectivity index (χ0) is 10.9. The number of nitrogens with one attached hydrogen (secondary N) is 1. The van der Waals surface area contributed by atoms with Crippen LogP contribution in [-0.4, -0.2) is 57.0 Å². The zero-order valence-electron chi connectivity index (χ0n) is 9.28. The van der Waals surface area contributed by atoms with Gasteiger partial charge in [-0.15, -0.1) is 0 Å². The average Bonchev–Trinajstić information content (AvgIpc) is 2.17. The molecule has 5 heteroatoms. The number of hydrogen-bond acceptors (Lipinski definition) is 4. The predicted molar refractivity (Wildman–Crippen MR) is 60.7 cm³/mol. The summed E-state index contributed by atoms with van der Waals surface area (Å²) in [6, 6.07) is 0.546. The van der Waals surface area contributed by atoms with Gasteiger partial charge in [0.1, 0.15) is 0 Å². The van der Waals surface area contributed by atoms with Gasteiger partial charge in [-0.2, -0.15) is 0 Å². The van der Waals surface area contributed by atoms with E-state index in [0.29, 0.717) is 23.5 Å². The zero-order valence-corrected chi connectivity index (χ0v) is 10.1. The highest BCUT2D eigenvalue weighted by Gasteiger charge is 2.29. The Balaban J connectivity index is 1.90. The van der Waals surface area contributed by atoms with Crippen molar-refractivity contribution in [3.63, 3.8) is 0 Å². The first-order valence-corrected chi connectivity index (χ1v) is 7.54. The Bertz CT molecular complexity index is 301. The maximum absolute atomic E-state index is 11.3. The highest BCUT2D eigenvalue weighted by molar-refractivity contribution is 7.91. The molecule has 0 bridgehead atoms. The van der Waals surface area contributed by atoms with Crippen LogP contribution in [0.2, 0.25) is 0 Å². The van der Waals surface area contributed by atoms with Gasteiger partial charge in [0, 0.05) is 25.7 Å². The number of rotatable bonds is 1. The first kappa shape index (κ1) is 11.4. The average molecular weight is 232 g/mol. The molecule has 2 atom stereocenters. The molecule has 15 heavy (non-hydrogen) atoms. The fourth-order valence-electron chi connectivity index (χ4n) is 2.50. The highest BCUT2D eigenvalue weighted by atomic mass is 32.2. The second kappa shape index (κ2) is 4.39. The summed E-state index contributed by atoms with van der Waals surface area (Å²) in [5.74, 6) is 1.40. The molecule has 0 spiro atoms. The molecular formula is C10H20N2O2S. The van der Waals surface area contributed by atoms with Crippen LogP contribution in [0.4, 0.5) is 0 Å². The monoisotopic (exact) mass is 232 g/mol. The minimum Gasteiger partial charge on any atom is -0.315 e. The van der Waals surface area contributed by atoms with Crippen molar-refractivity contribution in [3.8, 4) is 0 Å². The van der Waals surface area contributed by atoms with Crippen LogP contribution in [0.5, 0.6) is 0 Å². The summed E-state index contributed by atoms with van der Waals surface area (Å²) >= 11 is 0. The van der Waals surface area contributed by atoms with Crippen molar-refractivity contribution in [2.45, 2.75) is 19.4 Å². The van der Waals surface area contributed by atoms with Gasteiger partial charge in [-0.1, -0.05) is 6.92 Å². The van der Waals surface area contributed by atoms with Crippen molar-refractivity contribution in [3.05, 3.63) is 0 Å². The van der Waals surface area contributed by atoms with Crippen LogP contribution in [0, 0.1) is 5.92 Å². The number of hydrogen-bond donors (Lipinski definition) is 1. The standard InChI is InChI=1S/C10H20N2O2S/c1-9-6-10(8-11-7-9)12-2-4-15(13,14)5-3-12/h9-11H,2-8H2,1H3. The Labute approximate surface area is 91.9 Å². The largest absolute Gasteiger partial charge is 0.315 e. The van der Waals surface area contributed by atoms with Gasteiger partial charge in [0.25, 0.3) is 0 Å². The summed E-state index contributed by atoms with van der Waals surface area (Å²) in [4.78, 5) is 2.34. The van der Waals surface area contributed by atoms with E-state index in [0.717, 1.165) is 26.2 Å². The molecule has 4 nitrogen and oxygen atoms in total. The van der Waals surface area contributed by atoms with E-state index >= 15 is 0 Å². The first-order valence-electron chi connectivity index (χ1n) is 5.72. The van der Waals surface area contributed by atoms with E-state index in [1.54, 1.807) is 0 Å². The summed E-state index contributed by atoms with van der Waals surface area (Å²) in [5.41, 5.74) is 0.